The van der Waals surface area contributed by atoms with Crippen LogP contribution in [0.15, 0.2) is 45.6 Å². The number of nitrogens with zero attached hydrogens (tertiary/aromatic N) is 2. The molecule has 6 heteroatoms. The van der Waals surface area contributed by atoms with Crippen LogP contribution < -0.4 is 0 Å². The molecule has 1 aliphatic heterocycles. The molecule has 2 amide bonds. The Hall–Kier alpha value is -2.50. The lowest BCUT2D eigenvalue weighted by Gasteiger charge is -2.45. The largest absolute Gasteiger partial charge is 0.459 e. The summed E-state index contributed by atoms with van der Waals surface area (Å²) >= 11 is 0. The smallest absolute Gasteiger partial charge is 0.289 e. The molecule has 2 aromatic rings. The van der Waals surface area contributed by atoms with Crippen LogP contribution in [0.1, 0.15) is 47.8 Å². The Balaban J connectivity index is 1.82. The molecule has 1 saturated heterocycles. The molecule has 3 rings (SSSR count). The van der Waals surface area contributed by atoms with Gasteiger partial charge in [0.15, 0.2) is 11.5 Å². The van der Waals surface area contributed by atoms with Gasteiger partial charge >= 0.3 is 0 Å². The van der Waals surface area contributed by atoms with Gasteiger partial charge in [-0.25, -0.2) is 0 Å². The number of hydrogen-bond donors (Lipinski definition) is 0. The second-order valence-electron chi connectivity index (χ2n) is 5.99. The van der Waals surface area contributed by atoms with Crippen molar-refractivity contribution in [3.8, 4) is 0 Å². The molecule has 0 bridgehead atoms. The van der Waals surface area contributed by atoms with Crippen LogP contribution in [0.25, 0.3) is 0 Å². The Bertz CT molecular complexity index is 618. The van der Waals surface area contributed by atoms with E-state index >= 15 is 0 Å². The van der Waals surface area contributed by atoms with Crippen LogP contribution in [0.3, 0.4) is 0 Å². The zero-order valence-electron chi connectivity index (χ0n) is 14.0. The number of amides is 2. The third-order valence-electron chi connectivity index (χ3n) is 4.62. The molecule has 24 heavy (non-hydrogen) atoms. The number of hydrogen-bond acceptors (Lipinski definition) is 4. The van der Waals surface area contributed by atoms with Crippen molar-refractivity contribution in [2.24, 2.45) is 0 Å². The van der Waals surface area contributed by atoms with E-state index in [0.29, 0.717) is 24.6 Å². The zero-order valence-corrected chi connectivity index (χ0v) is 14.0. The van der Waals surface area contributed by atoms with E-state index in [0.717, 1.165) is 12.8 Å². The minimum Gasteiger partial charge on any atom is -0.459 e. The van der Waals surface area contributed by atoms with Crippen LogP contribution in [-0.2, 0) is 0 Å². The van der Waals surface area contributed by atoms with Crippen molar-refractivity contribution in [2.75, 3.05) is 13.1 Å². The molecule has 0 N–H and O–H groups in total. The summed E-state index contributed by atoms with van der Waals surface area (Å²) in [5.74, 6) is 0.453. The molecular formula is C18H22N2O4. The van der Waals surface area contributed by atoms with Crippen LogP contribution in [0, 0.1) is 0 Å². The van der Waals surface area contributed by atoms with Gasteiger partial charge in [-0.1, -0.05) is 13.8 Å². The van der Waals surface area contributed by atoms with Crippen LogP contribution in [-0.4, -0.2) is 46.8 Å². The Morgan fingerprint density at radius 1 is 0.917 bits per heavy atom. The lowest BCUT2D eigenvalue weighted by molar-refractivity contribution is 0.0160. The number of piperazine rings is 1. The summed E-state index contributed by atoms with van der Waals surface area (Å²) in [6.45, 7) is 5.05. The minimum atomic E-state index is -0.115. The first-order chi connectivity index (χ1) is 11.7. The van der Waals surface area contributed by atoms with Crippen molar-refractivity contribution in [3.63, 3.8) is 0 Å². The molecular weight excluding hydrogens is 308 g/mol. The van der Waals surface area contributed by atoms with Crippen LogP contribution in [0.2, 0.25) is 0 Å². The molecule has 2 atom stereocenters. The van der Waals surface area contributed by atoms with Crippen LogP contribution in [0.4, 0.5) is 0 Å². The first kappa shape index (κ1) is 16.4. The van der Waals surface area contributed by atoms with Gasteiger partial charge in [0.2, 0.25) is 0 Å². The number of carbonyl (C=O) groups excluding carboxylic acids is 2. The summed E-state index contributed by atoms with van der Waals surface area (Å²) < 4.78 is 10.5. The predicted octanol–water partition coefficient (Wildman–Crippen LogP) is 3.03. The van der Waals surface area contributed by atoms with E-state index in [2.05, 4.69) is 0 Å². The average molecular weight is 330 g/mol. The molecule has 0 aromatic carbocycles. The van der Waals surface area contributed by atoms with E-state index in [-0.39, 0.29) is 23.9 Å². The van der Waals surface area contributed by atoms with Crippen LogP contribution >= 0.6 is 0 Å². The maximum absolute atomic E-state index is 12.7. The first-order valence-corrected chi connectivity index (χ1v) is 8.34. The van der Waals surface area contributed by atoms with Crippen molar-refractivity contribution in [1.29, 1.82) is 0 Å². The second-order valence-corrected chi connectivity index (χ2v) is 5.99. The molecule has 2 aromatic heterocycles. The summed E-state index contributed by atoms with van der Waals surface area (Å²) in [4.78, 5) is 29.1. The molecule has 0 spiro atoms. The van der Waals surface area contributed by atoms with E-state index in [1.54, 1.807) is 24.3 Å². The number of rotatable bonds is 4. The third-order valence-corrected chi connectivity index (χ3v) is 4.62. The van der Waals surface area contributed by atoms with Gasteiger partial charge in [-0.3, -0.25) is 9.59 Å². The highest BCUT2D eigenvalue weighted by atomic mass is 16.3. The van der Waals surface area contributed by atoms with Gasteiger partial charge in [-0.05, 0) is 37.1 Å². The molecule has 128 valence electrons. The Kier molecular flexibility index (Phi) is 4.74. The lowest BCUT2D eigenvalue weighted by Crippen LogP contribution is -2.60. The quantitative estimate of drug-likeness (QED) is 0.864. The topological polar surface area (TPSA) is 66.9 Å². The van der Waals surface area contributed by atoms with E-state index in [4.69, 9.17) is 8.83 Å². The standard InChI is InChI=1S/C18H22N2O4/c1-3-13-11-20(18(22)16-8-6-10-24-16)14(4-2)12-19(13)17(21)15-7-5-9-23-15/h5-10,13-14H,3-4,11-12H2,1-2H3. The fourth-order valence-corrected chi connectivity index (χ4v) is 3.23. The summed E-state index contributed by atoms with van der Waals surface area (Å²) in [7, 11) is 0. The van der Waals surface area contributed by atoms with E-state index in [9.17, 15) is 9.59 Å². The Morgan fingerprint density at radius 3 is 1.62 bits per heavy atom. The van der Waals surface area contributed by atoms with Crippen molar-refractivity contribution >= 4 is 11.8 Å². The van der Waals surface area contributed by atoms with Crippen molar-refractivity contribution in [1.82, 2.24) is 9.80 Å². The Labute approximate surface area is 141 Å². The molecule has 1 fully saturated rings. The lowest BCUT2D eigenvalue weighted by atomic mass is 10.0. The van der Waals surface area contributed by atoms with Gasteiger partial charge in [0, 0.05) is 25.2 Å². The summed E-state index contributed by atoms with van der Waals surface area (Å²) in [5.41, 5.74) is 0. The first-order valence-electron chi connectivity index (χ1n) is 8.34. The predicted molar refractivity (Wildman–Crippen MR) is 87.6 cm³/mol. The Morgan fingerprint density at radius 2 is 1.33 bits per heavy atom. The summed E-state index contributed by atoms with van der Waals surface area (Å²) in [5, 5.41) is 0. The van der Waals surface area contributed by atoms with Crippen LogP contribution in [0.5, 0.6) is 0 Å². The number of carbonyl (C=O) groups is 2. The van der Waals surface area contributed by atoms with Crippen molar-refractivity contribution < 1.29 is 18.4 Å². The van der Waals surface area contributed by atoms with Gasteiger partial charge in [-0.15, -0.1) is 0 Å². The zero-order chi connectivity index (χ0) is 17.1. The fraction of sp³-hybridized carbons (Fsp3) is 0.444. The summed E-state index contributed by atoms with van der Waals surface area (Å²) in [6, 6.07) is 6.70. The van der Waals surface area contributed by atoms with Gasteiger partial charge in [0.05, 0.1) is 12.5 Å². The number of furan rings is 2. The molecule has 3 heterocycles. The fourth-order valence-electron chi connectivity index (χ4n) is 3.23. The third kappa shape index (κ3) is 2.96. The van der Waals surface area contributed by atoms with Gasteiger partial charge in [-0.2, -0.15) is 0 Å². The minimum absolute atomic E-state index is 0.0377. The van der Waals surface area contributed by atoms with E-state index in [1.807, 2.05) is 23.6 Å². The molecule has 0 saturated carbocycles. The van der Waals surface area contributed by atoms with E-state index < -0.39 is 0 Å². The molecule has 0 aliphatic carbocycles. The molecule has 6 nitrogen and oxygen atoms in total. The highest BCUT2D eigenvalue weighted by molar-refractivity contribution is 5.93. The SMILES string of the molecule is CCC1CN(C(=O)c2ccco2)C(CC)CN1C(=O)c1ccco1. The average Bonchev–Trinajstić information content (AvgIpc) is 3.32. The molecule has 2 unspecified atom stereocenters. The van der Waals surface area contributed by atoms with Gasteiger partial charge in [0.1, 0.15) is 0 Å². The van der Waals surface area contributed by atoms with E-state index in [1.165, 1.54) is 12.5 Å². The monoisotopic (exact) mass is 330 g/mol. The maximum atomic E-state index is 12.7. The highest BCUT2D eigenvalue weighted by Crippen LogP contribution is 2.24. The molecule has 0 radical (unpaired) electrons. The normalized spacial score (nSPS) is 21.1. The molecule has 1 aliphatic rings. The van der Waals surface area contributed by atoms with Gasteiger partial charge in [0.25, 0.3) is 11.8 Å². The van der Waals surface area contributed by atoms with Gasteiger partial charge < -0.3 is 18.6 Å². The maximum Gasteiger partial charge on any atom is 0.289 e. The second kappa shape index (κ2) is 6.95. The van der Waals surface area contributed by atoms with Crippen molar-refractivity contribution in [2.45, 2.75) is 38.8 Å². The van der Waals surface area contributed by atoms with Crippen molar-refractivity contribution in [3.05, 3.63) is 48.3 Å². The summed E-state index contributed by atoms with van der Waals surface area (Å²) in [6.07, 6.45) is 4.54. The highest BCUT2D eigenvalue weighted by Gasteiger charge is 2.38.